The van der Waals surface area contributed by atoms with Gasteiger partial charge in [-0.2, -0.15) is 5.10 Å². The van der Waals surface area contributed by atoms with E-state index in [2.05, 4.69) is 10.1 Å². The summed E-state index contributed by atoms with van der Waals surface area (Å²) in [5, 5.41) is 4.84. The minimum absolute atomic E-state index is 0.0416. The van der Waals surface area contributed by atoms with Gasteiger partial charge in [-0.25, -0.2) is 4.98 Å². The van der Waals surface area contributed by atoms with Crippen molar-refractivity contribution in [2.24, 2.45) is 0 Å². The molecule has 0 saturated carbocycles. The van der Waals surface area contributed by atoms with Crippen LogP contribution in [0.3, 0.4) is 0 Å². The number of aryl methyl sites for hydroxylation is 1. The number of aromatic nitrogens is 3. The highest BCUT2D eigenvalue weighted by Crippen LogP contribution is 2.29. The Balaban J connectivity index is 1.47. The average molecular weight is 359 g/mol. The lowest BCUT2D eigenvalue weighted by Crippen LogP contribution is -2.41. The molecule has 1 aliphatic rings. The summed E-state index contributed by atoms with van der Waals surface area (Å²) in [5.41, 5.74) is 2.39. The number of carbonyl (C=O) groups excluding carboxylic acids is 1. The van der Waals surface area contributed by atoms with Gasteiger partial charge in [0.2, 0.25) is 5.91 Å². The van der Waals surface area contributed by atoms with Gasteiger partial charge in [0.15, 0.2) is 11.5 Å². The fourth-order valence-corrected chi connectivity index (χ4v) is 3.43. The molecule has 0 spiro atoms. The van der Waals surface area contributed by atoms with E-state index in [-0.39, 0.29) is 18.4 Å². The summed E-state index contributed by atoms with van der Waals surface area (Å²) < 4.78 is 7.49. The van der Waals surface area contributed by atoms with E-state index in [9.17, 15) is 4.79 Å². The molecule has 3 aromatic rings. The van der Waals surface area contributed by atoms with Crippen LogP contribution in [0.2, 0.25) is 5.02 Å². The molecule has 0 bridgehead atoms. The van der Waals surface area contributed by atoms with E-state index in [4.69, 9.17) is 16.0 Å². The van der Waals surface area contributed by atoms with Crippen LogP contribution in [0, 0.1) is 6.92 Å². The highest BCUT2D eigenvalue weighted by molar-refractivity contribution is 6.31. The number of fused-ring (bicyclic) bond motifs is 1. The fourth-order valence-electron chi connectivity index (χ4n) is 3.28. The van der Waals surface area contributed by atoms with Gasteiger partial charge in [0.1, 0.15) is 12.1 Å². The lowest BCUT2D eigenvalue weighted by Gasteiger charge is -2.31. The predicted molar refractivity (Wildman–Crippen MR) is 94.5 cm³/mol. The Morgan fingerprint density at radius 3 is 3.00 bits per heavy atom. The first kappa shape index (κ1) is 16.1. The molecule has 3 heterocycles. The summed E-state index contributed by atoms with van der Waals surface area (Å²) >= 11 is 6.01. The van der Waals surface area contributed by atoms with Gasteiger partial charge in [-0.05, 0) is 31.9 Å². The topological polar surface area (TPSA) is 64.2 Å². The smallest absolute Gasteiger partial charge is 0.244 e. The molecule has 0 aliphatic carbocycles. The molecule has 0 radical (unpaired) electrons. The van der Waals surface area contributed by atoms with Gasteiger partial charge in [-0.15, -0.1) is 0 Å². The highest BCUT2D eigenvalue weighted by atomic mass is 35.5. The maximum absolute atomic E-state index is 12.6. The van der Waals surface area contributed by atoms with Gasteiger partial charge in [0, 0.05) is 19.3 Å². The normalized spacial score (nSPS) is 18.0. The van der Waals surface area contributed by atoms with E-state index in [0.717, 1.165) is 42.1 Å². The number of likely N-dealkylation sites (tertiary alicyclic amines) is 1. The second kappa shape index (κ2) is 6.52. The van der Waals surface area contributed by atoms with Crippen LogP contribution in [0.4, 0.5) is 0 Å². The second-order valence-electron chi connectivity index (χ2n) is 6.46. The van der Waals surface area contributed by atoms with Crippen molar-refractivity contribution in [3.63, 3.8) is 0 Å². The van der Waals surface area contributed by atoms with E-state index in [0.29, 0.717) is 11.6 Å². The number of nitrogens with zero attached hydrogens (tertiary/aromatic N) is 4. The van der Waals surface area contributed by atoms with Gasteiger partial charge in [-0.3, -0.25) is 9.48 Å². The summed E-state index contributed by atoms with van der Waals surface area (Å²) in [5.74, 6) is 0.893. The number of para-hydroxylation sites is 2. The Kier molecular flexibility index (Phi) is 4.21. The molecular weight excluding hydrogens is 340 g/mol. The summed E-state index contributed by atoms with van der Waals surface area (Å²) in [7, 11) is 0. The Bertz CT molecular complexity index is 864. The van der Waals surface area contributed by atoms with Crippen molar-refractivity contribution in [3.05, 3.63) is 47.1 Å². The van der Waals surface area contributed by atoms with E-state index in [1.54, 1.807) is 10.9 Å². The Hall–Kier alpha value is -2.34. The number of rotatable bonds is 3. The second-order valence-corrected chi connectivity index (χ2v) is 6.87. The highest BCUT2D eigenvalue weighted by Gasteiger charge is 2.28. The monoisotopic (exact) mass is 358 g/mol. The van der Waals surface area contributed by atoms with Gasteiger partial charge in [-0.1, -0.05) is 23.7 Å². The molecule has 1 aromatic carbocycles. The number of hydrogen-bond acceptors (Lipinski definition) is 4. The molecule has 1 aliphatic heterocycles. The Morgan fingerprint density at radius 2 is 2.24 bits per heavy atom. The average Bonchev–Trinajstić information content (AvgIpc) is 3.18. The Labute approximate surface area is 150 Å². The van der Waals surface area contributed by atoms with Gasteiger partial charge in [0.25, 0.3) is 0 Å². The van der Waals surface area contributed by atoms with Crippen molar-refractivity contribution >= 4 is 28.6 Å². The molecule has 4 rings (SSSR count). The number of benzene rings is 1. The number of amides is 1. The first-order valence-corrected chi connectivity index (χ1v) is 8.81. The van der Waals surface area contributed by atoms with E-state index >= 15 is 0 Å². The molecular formula is C18H19ClN4O2. The molecule has 2 aromatic heterocycles. The zero-order chi connectivity index (χ0) is 17.4. The Morgan fingerprint density at radius 1 is 1.40 bits per heavy atom. The van der Waals surface area contributed by atoms with Crippen molar-refractivity contribution in [1.29, 1.82) is 0 Å². The molecule has 130 valence electrons. The molecule has 0 N–H and O–H groups in total. The number of halogens is 1. The maximum Gasteiger partial charge on any atom is 0.244 e. The molecule has 1 atom stereocenters. The molecule has 1 amide bonds. The largest absolute Gasteiger partial charge is 0.440 e. The zero-order valence-corrected chi connectivity index (χ0v) is 14.7. The third-order valence-corrected chi connectivity index (χ3v) is 4.99. The minimum Gasteiger partial charge on any atom is -0.440 e. The van der Waals surface area contributed by atoms with Gasteiger partial charge in [0.05, 0.1) is 16.6 Å². The molecule has 25 heavy (non-hydrogen) atoms. The van der Waals surface area contributed by atoms with Gasteiger partial charge < -0.3 is 9.32 Å². The molecule has 1 fully saturated rings. The van der Waals surface area contributed by atoms with Crippen LogP contribution in [0.25, 0.3) is 11.1 Å². The quantitative estimate of drug-likeness (QED) is 0.719. The summed E-state index contributed by atoms with van der Waals surface area (Å²) in [6.45, 7) is 3.41. The van der Waals surface area contributed by atoms with Crippen LogP contribution < -0.4 is 0 Å². The van der Waals surface area contributed by atoms with Crippen LogP contribution in [0.5, 0.6) is 0 Å². The van der Waals surface area contributed by atoms with E-state index < -0.39 is 0 Å². The zero-order valence-electron chi connectivity index (χ0n) is 14.0. The maximum atomic E-state index is 12.6. The first-order chi connectivity index (χ1) is 12.1. The van der Waals surface area contributed by atoms with Crippen molar-refractivity contribution in [2.75, 3.05) is 13.1 Å². The molecule has 7 heteroatoms. The molecule has 1 saturated heterocycles. The van der Waals surface area contributed by atoms with Crippen molar-refractivity contribution in [3.8, 4) is 0 Å². The summed E-state index contributed by atoms with van der Waals surface area (Å²) in [6.07, 6.45) is 3.61. The summed E-state index contributed by atoms with van der Waals surface area (Å²) in [6, 6.07) is 7.74. The standard InChI is InChI=1S/C18H19ClN4O2/c1-12-14(19)10-23(21-12)11-17(24)22-8-4-5-13(9-22)18-20-15-6-2-3-7-16(15)25-18/h2-3,6-7,10,13H,4-5,8-9,11H2,1H3. The van der Waals surface area contributed by atoms with Crippen LogP contribution in [0.15, 0.2) is 34.9 Å². The number of hydrogen-bond donors (Lipinski definition) is 0. The van der Waals surface area contributed by atoms with Crippen molar-refractivity contribution in [2.45, 2.75) is 32.2 Å². The van der Waals surface area contributed by atoms with Crippen LogP contribution in [0.1, 0.15) is 30.3 Å². The van der Waals surface area contributed by atoms with Crippen LogP contribution in [-0.2, 0) is 11.3 Å². The van der Waals surface area contributed by atoms with E-state index in [1.165, 1.54) is 0 Å². The number of piperidine rings is 1. The van der Waals surface area contributed by atoms with E-state index in [1.807, 2.05) is 36.1 Å². The minimum atomic E-state index is 0.0416. The third-order valence-electron chi connectivity index (χ3n) is 4.62. The first-order valence-electron chi connectivity index (χ1n) is 8.43. The van der Waals surface area contributed by atoms with Crippen LogP contribution in [-0.4, -0.2) is 38.7 Å². The molecule has 6 nitrogen and oxygen atoms in total. The lowest BCUT2D eigenvalue weighted by molar-refractivity contribution is -0.133. The fraction of sp³-hybridized carbons (Fsp3) is 0.389. The SMILES string of the molecule is Cc1nn(CC(=O)N2CCCC(c3nc4ccccc4o3)C2)cc1Cl. The lowest BCUT2D eigenvalue weighted by atomic mass is 9.98. The van der Waals surface area contributed by atoms with Crippen molar-refractivity contribution in [1.82, 2.24) is 19.7 Å². The summed E-state index contributed by atoms with van der Waals surface area (Å²) in [4.78, 5) is 19.1. The number of oxazole rings is 1. The number of carbonyl (C=O) groups is 1. The molecule has 1 unspecified atom stereocenters. The van der Waals surface area contributed by atoms with Gasteiger partial charge >= 0.3 is 0 Å². The third kappa shape index (κ3) is 3.26. The van der Waals surface area contributed by atoms with Crippen molar-refractivity contribution < 1.29 is 9.21 Å². The predicted octanol–water partition coefficient (Wildman–Crippen LogP) is 3.39. The van der Waals surface area contributed by atoms with Crippen LogP contribution >= 0.6 is 11.6 Å².